The van der Waals surface area contributed by atoms with Crippen LogP contribution in [0.1, 0.15) is 33.3 Å². The van der Waals surface area contributed by atoms with E-state index >= 15 is 0 Å². The van der Waals surface area contributed by atoms with Crippen LogP contribution in [0.15, 0.2) is 48.2 Å². The van der Waals surface area contributed by atoms with E-state index in [2.05, 4.69) is 0 Å². The molecule has 2 aliphatic rings. The molecule has 33 heavy (non-hydrogen) atoms. The summed E-state index contributed by atoms with van der Waals surface area (Å²) in [5, 5.41) is 0. The summed E-state index contributed by atoms with van der Waals surface area (Å²) in [6.45, 7) is 8.39. The zero-order valence-corrected chi connectivity index (χ0v) is 19.0. The van der Waals surface area contributed by atoms with Gasteiger partial charge in [0.1, 0.15) is 23.1 Å². The second-order valence-electron chi connectivity index (χ2n) is 8.62. The molecule has 0 aromatic heterocycles. The van der Waals surface area contributed by atoms with Gasteiger partial charge in [-0.25, -0.2) is 13.7 Å². The Morgan fingerprint density at radius 1 is 0.970 bits per heavy atom. The van der Waals surface area contributed by atoms with Crippen LogP contribution in [0.4, 0.5) is 14.5 Å². The van der Waals surface area contributed by atoms with Crippen molar-refractivity contribution in [3.05, 3.63) is 65.4 Å². The molecule has 0 aliphatic carbocycles. The summed E-state index contributed by atoms with van der Waals surface area (Å²) in [7, 11) is 0. The number of imide groups is 1. The Morgan fingerprint density at radius 2 is 1.61 bits per heavy atom. The summed E-state index contributed by atoms with van der Waals surface area (Å²) >= 11 is 0. The first-order valence-corrected chi connectivity index (χ1v) is 10.9. The molecule has 8 heteroatoms. The lowest BCUT2D eigenvalue weighted by Crippen LogP contribution is -2.47. The quantitative estimate of drug-likeness (QED) is 0.633. The van der Waals surface area contributed by atoms with Crippen molar-refractivity contribution in [1.82, 2.24) is 4.90 Å². The molecule has 2 amide bonds. The van der Waals surface area contributed by atoms with E-state index in [1.165, 1.54) is 0 Å². The predicted octanol–water partition coefficient (Wildman–Crippen LogP) is 4.15. The predicted molar refractivity (Wildman–Crippen MR) is 120 cm³/mol. The molecule has 0 N–H and O–H groups in total. The number of hydrogen-bond donors (Lipinski definition) is 0. The average molecular weight is 456 g/mol. The monoisotopic (exact) mass is 456 g/mol. The topological polar surface area (TPSA) is 59.1 Å². The van der Waals surface area contributed by atoms with Gasteiger partial charge in [-0.2, -0.15) is 0 Å². The summed E-state index contributed by atoms with van der Waals surface area (Å²) in [5.41, 5.74) is 0.577. The van der Waals surface area contributed by atoms with Gasteiger partial charge in [0.15, 0.2) is 0 Å². The van der Waals surface area contributed by atoms with Crippen LogP contribution in [0.2, 0.25) is 0 Å². The second-order valence-corrected chi connectivity index (χ2v) is 8.62. The van der Waals surface area contributed by atoms with Crippen molar-refractivity contribution in [2.24, 2.45) is 0 Å². The number of halogens is 2. The minimum atomic E-state index is -0.985. The Labute approximate surface area is 191 Å². The number of morpholine rings is 1. The smallest absolute Gasteiger partial charge is 0.282 e. The van der Waals surface area contributed by atoms with Gasteiger partial charge >= 0.3 is 0 Å². The van der Waals surface area contributed by atoms with E-state index in [0.717, 1.165) is 17.0 Å². The standard InChI is InChI=1S/C25H26F2N2O4/c1-14(2)32-19-8-5-17(6-9-19)22-23(28-12-15(3)33-16(4)13-28)25(31)29(24(22)30)21-10-7-18(26)11-20(21)27/h5-11,14-16H,12-13H2,1-4H3. The van der Waals surface area contributed by atoms with Crippen molar-refractivity contribution in [1.29, 1.82) is 0 Å². The molecule has 2 atom stereocenters. The molecule has 2 aromatic rings. The van der Waals surface area contributed by atoms with Crippen molar-refractivity contribution >= 4 is 23.1 Å². The molecular weight excluding hydrogens is 430 g/mol. The van der Waals surface area contributed by atoms with Gasteiger partial charge in [-0.05, 0) is 57.5 Å². The number of benzene rings is 2. The third kappa shape index (κ3) is 4.48. The summed E-state index contributed by atoms with van der Waals surface area (Å²) in [6.07, 6.45) is -0.346. The summed E-state index contributed by atoms with van der Waals surface area (Å²) in [5.74, 6) is -2.46. The van der Waals surface area contributed by atoms with E-state index in [0.29, 0.717) is 30.5 Å². The van der Waals surface area contributed by atoms with Gasteiger partial charge < -0.3 is 14.4 Å². The van der Waals surface area contributed by atoms with E-state index in [4.69, 9.17) is 9.47 Å². The normalized spacial score (nSPS) is 21.4. The van der Waals surface area contributed by atoms with E-state index in [-0.39, 0.29) is 35.3 Å². The van der Waals surface area contributed by atoms with Crippen molar-refractivity contribution in [3.63, 3.8) is 0 Å². The van der Waals surface area contributed by atoms with E-state index in [9.17, 15) is 18.4 Å². The van der Waals surface area contributed by atoms with Crippen LogP contribution in [0, 0.1) is 11.6 Å². The number of ether oxygens (including phenoxy) is 2. The Kier molecular flexibility index (Phi) is 6.21. The molecule has 174 valence electrons. The molecule has 2 heterocycles. The molecular formula is C25H26F2N2O4. The summed E-state index contributed by atoms with van der Waals surface area (Å²) < 4.78 is 39.5. The van der Waals surface area contributed by atoms with Gasteiger partial charge in [0.05, 0.1) is 29.6 Å². The van der Waals surface area contributed by atoms with Crippen LogP contribution in [-0.4, -0.2) is 48.1 Å². The summed E-state index contributed by atoms with van der Waals surface area (Å²) in [6, 6.07) is 9.64. The maximum absolute atomic E-state index is 14.6. The van der Waals surface area contributed by atoms with E-state index in [1.807, 2.05) is 32.6 Å². The highest BCUT2D eigenvalue weighted by molar-refractivity contribution is 6.45. The van der Waals surface area contributed by atoms with Gasteiger partial charge in [0.25, 0.3) is 11.8 Å². The maximum Gasteiger partial charge on any atom is 0.282 e. The van der Waals surface area contributed by atoms with Gasteiger partial charge in [0.2, 0.25) is 0 Å². The molecule has 0 radical (unpaired) electrons. The molecule has 0 saturated carbocycles. The first-order valence-electron chi connectivity index (χ1n) is 10.9. The van der Waals surface area contributed by atoms with Crippen LogP contribution >= 0.6 is 0 Å². The zero-order chi connectivity index (χ0) is 23.9. The average Bonchev–Trinajstić information content (AvgIpc) is 2.98. The second kappa shape index (κ2) is 8.94. The minimum Gasteiger partial charge on any atom is -0.491 e. The summed E-state index contributed by atoms with van der Waals surface area (Å²) in [4.78, 5) is 29.7. The van der Waals surface area contributed by atoms with Crippen molar-refractivity contribution in [3.8, 4) is 5.75 Å². The molecule has 0 spiro atoms. The van der Waals surface area contributed by atoms with Crippen molar-refractivity contribution < 1.29 is 27.8 Å². The van der Waals surface area contributed by atoms with Crippen LogP contribution in [0.25, 0.3) is 5.57 Å². The lowest BCUT2D eigenvalue weighted by molar-refractivity contribution is -0.121. The SMILES string of the molecule is CC(C)Oc1ccc(C2=C(N3CC(C)OC(C)C3)C(=O)N(c3ccc(F)cc3F)C2=O)cc1. The van der Waals surface area contributed by atoms with Crippen molar-refractivity contribution in [2.45, 2.75) is 46.0 Å². The first kappa shape index (κ1) is 22.9. The Balaban J connectivity index is 1.81. The molecule has 2 aromatic carbocycles. The van der Waals surface area contributed by atoms with Gasteiger partial charge in [-0.1, -0.05) is 12.1 Å². The zero-order valence-electron chi connectivity index (χ0n) is 19.0. The van der Waals surface area contributed by atoms with Crippen LogP contribution < -0.4 is 9.64 Å². The van der Waals surface area contributed by atoms with Crippen molar-refractivity contribution in [2.75, 3.05) is 18.0 Å². The minimum absolute atomic E-state index is 0.0198. The first-order chi connectivity index (χ1) is 15.7. The molecule has 2 unspecified atom stereocenters. The Hall–Kier alpha value is -3.26. The van der Waals surface area contributed by atoms with Gasteiger partial charge in [-0.15, -0.1) is 0 Å². The number of rotatable bonds is 5. The maximum atomic E-state index is 14.6. The van der Waals surface area contributed by atoms with Gasteiger partial charge in [-0.3, -0.25) is 9.59 Å². The number of hydrogen-bond acceptors (Lipinski definition) is 5. The fourth-order valence-electron chi connectivity index (χ4n) is 4.29. The van der Waals surface area contributed by atoms with Crippen LogP contribution in [0.3, 0.4) is 0 Å². The Bertz CT molecular complexity index is 1100. The molecule has 6 nitrogen and oxygen atoms in total. The molecule has 2 aliphatic heterocycles. The number of anilines is 1. The van der Waals surface area contributed by atoms with E-state index in [1.54, 1.807) is 24.3 Å². The fraction of sp³-hybridized carbons (Fsp3) is 0.360. The molecule has 1 saturated heterocycles. The fourth-order valence-corrected chi connectivity index (χ4v) is 4.29. The largest absolute Gasteiger partial charge is 0.491 e. The molecule has 4 rings (SSSR count). The number of carbonyl (C=O) groups is 2. The third-order valence-corrected chi connectivity index (χ3v) is 5.46. The van der Waals surface area contributed by atoms with Crippen LogP contribution in [-0.2, 0) is 14.3 Å². The number of nitrogens with zero attached hydrogens (tertiary/aromatic N) is 2. The Morgan fingerprint density at radius 3 is 2.18 bits per heavy atom. The molecule has 0 bridgehead atoms. The number of carbonyl (C=O) groups excluding carboxylic acids is 2. The molecule has 1 fully saturated rings. The highest BCUT2D eigenvalue weighted by Gasteiger charge is 2.44. The lowest BCUT2D eigenvalue weighted by atomic mass is 10.0. The third-order valence-electron chi connectivity index (χ3n) is 5.46. The number of amides is 2. The lowest BCUT2D eigenvalue weighted by Gasteiger charge is -2.37. The van der Waals surface area contributed by atoms with Crippen LogP contribution in [0.5, 0.6) is 5.75 Å². The van der Waals surface area contributed by atoms with E-state index < -0.39 is 23.4 Å². The van der Waals surface area contributed by atoms with Gasteiger partial charge in [0, 0.05) is 19.2 Å². The highest BCUT2D eigenvalue weighted by atomic mass is 19.1. The highest BCUT2D eigenvalue weighted by Crippen LogP contribution is 2.37.